The molecule has 0 spiro atoms. The molecular weight excluding hydrogens is 342 g/mol. The minimum atomic E-state index is -3.83. The third-order valence-corrected chi connectivity index (χ3v) is 4.58. The van der Waals surface area contributed by atoms with Gasteiger partial charge in [-0.15, -0.1) is 0 Å². The molecule has 0 N–H and O–H groups in total. The van der Waals surface area contributed by atoms with Gasteiger partial charge in [0.25, 0.3) is 15.0 Å². The minimum absolute atomic E-state index is 0.0684. The summed E-state index contributed by atoms with van der Waals surface area (Å²) in [6.07, 6.45) is 1.97. The van der Waals surface area contributed by atoms with E-state index in [9.17, 15) is 13.2 Å². The molecule has 0 aromatic heterocycles. The van der Waals surface area contributed by atoms with E-state index >= 15 is 0 Å². The van der Waals surface area contributed by atoms with Crippen LogP contribution in [0.5, 0.6) is 0 Å². The third kappa shape index (κ3) is 3.05. The highest BCUT2D eigenvalue weighted by Crippen LogP contribution is 2.24. The summed E-state index contributed by atoms with van der Waals surface area (Å²) in [4.78, 5) is 13.8. The van der Waals surface area contributed by atoms with Crippen molar-refractivity contribution in [1.29, 1.82) is 0 Å². The smallest absolute Gasteiger partial charge is 0.261 e. The van der Waals surface area contributed by atoms with Crippen LogP contribution in [0.25, 0.3) is 0 Å². The van der Waals surface area contributed by atoms with Gasteiger partial charge in [-0.1, -0.05) is 15.9 Å². The molecule has 7 heteroatoms. The fourth-order valence-corrected chi connectivity index (χ4v) is 3.38. The van der Waals surface area contributed by atoms with Crippen LogP contribution in [0, 0.1) is 0 Å². The second-order valence-corrected chi connectivity index (χ2v) is 7.59. The lowest BCUT2D eigenvalue weighted by Gasteiger charge is -2.15. The van der Waals surface area contributed by atoms with E-state index in [4.69, 9.17) is 10.7 Å². The maximum absolute atomic E-state index is 12.1. The Labute approximate surface area is 118 Å². The summed E-state index contributed by atoms with van der Waals surface area (Å²) < 4.78 is 23.1. The Kier molecular flexibility index (Phi) is 3.99. The zero-order valence-corrected chi connectivity index (χ0v) is 12.6. The van der Waals surface area contributed by atoms with Crippen LogP contribution < -0.4 is 0 Å². The SMILES string of the molecule is O=C(c1cc(Br)cc(S(=O)(=O)Cl)c1)N1CCCC1. The maximum atomic E-state index is 12.1. The highest BCUT2D eigenvalue weighted by Gasteiger charge is 2.21. The predicted molar refractivity (Wildman–Crippen MR) is 72.3 cm³/mol. The lowest BCUT2D eigenvalue weighted by atomic mass is 10.2. The number of rotatable bonds is 2. The molecule has 1 aromatic carbocycles. The Morgan fingerprint density at radius 3 is 2.39 bits per heavy atom. The first-order valence-corrected chi connectivity index (χ1v) is 8.53. The fourth-order valence-electron chi connectivity index (χ4n) is 1.93. The predicted octanol–water partition coefficient (Wildman–Crippen LogP) is 2.61. The normalized spacial score (nSPS) is 16.0. The van der Waals surface area contributed by atoms with Crippen molar-refractivity contribution < 1.29 is 13.2 Å². The number of benzene rings is 1. The molecule has 1 amide bonds. The van der Waals surface area contributed by atoms with Crippen molar-refractivity contribution in [3.05, 3.63) is 28.2 Å². The molecule has 1 fully saturated rings. The van der Waals surface area contributed by atoms with Gasteiger partial charge >= 0.3 is 0 Å². The molecule has 0 saturated carbocycles. The van der Waals surface area contributed by atoms with Gasteiger partial charge in [0.1, 0.15) is 0 Å². The summed E-state index contributed by atoms with van der Waals surface area (Å²) in [5, 5.41) is 0. The van der Waals surface area contributed by atoms with Gasteiger partial charge in [0.05, 0.1) is 4.90 Å². The van der Waals surface area contributed by atoms with Crippen LogP contribution in [0.1, 0.15) is 23.2 Å². The molecular formula is C11H11BrClNO3S. The van der Waals surface area contributed by atoms with Gasteiger partial charge < -0.3 is 4.90 Å². The van der Waals surface area contributed by atoms with Gasteiger partial charge in [-0.3, -0.25) is 4.79 Å². The maximum Gasteiger partial charge on any atom is 0.261 e. The molecule has 1 aliphatic heterocycles. The summed E-state index contributed by atoms with van der Waals surface area (Å²) in [5.74, 6) is -0.157. The minimum Gasteiger partial charge on any atom is -0.339 e. The quantitative estimate of drug-likeness (QED) is 0.769. The van der Waals surface area contributed by atoms with Crippen molar-refractivity contribution in [1.82, 2.24) is 4.90 Å². The number of halogens is 2. The second kappa shape index (κ2) is 5.19. The first-order valence-electron chi connectivity index (χ1n) is 5.42. The number of likely N-dealkylation sites (tertiary alicyclic amines) is 1. The number of hydrogen-bond acceptors (Lipinski definition) is 3. The topological polar surface area (TPSA) is 54.5 Å². The van der Waals surface area contributed by atoms with Gasteiger partial charge in [-0.05, 0) is 31.0 Å². The zero-order valence-electron chi connectivity index (χ0n) is 9.40. The Bertz CT molecular complexity index is 582. The first-order chi connectivity index (χ1) is 8.38. The van der Waals surface area contributed by atoms with E-state index in [1.807, 2.05) is 0 Å². The summed E-state index contributed by atoms with van der Waals surface area (Å²) in [5.41, 5.74) is 0.338. The van der Waals surface area contributed by atoms with E-state index < -0.39 is 9.05 Å². The van der Waals surface area contributed by atoms with Crippen LogP contribution in [0.2, 0.25) is 0 Å². The Balaban J connectivity index is 2.39. The molecule has 1 saturated heterocycles. The summed E-state index contributed by atoms with van der Waals surface area (Å²) in [7, 11) is 1.46. The highest BCUT2D eigenvalue weighted by atomic mass is 79.9. The van der Waals surface area contributed by atoms with Crippen LogP contribution in [-0.4, -0.2) is 32.3 Å². The monoisotopic (exact) mass is 351 g/mol. The van der Waals surface area contributed by atoms with Crippen molar-refractivity contribution in [2.24, 2.45) is 0 Å². The van der Waals surface area contributed by atoms with Gasteiger partial charge in [-0.25, -0.2) is 8.42 Å². The first kappa shape index (κ1) is 13.8. The van der Waals surface area contributed by atoms with E-state index in [0.29, 0.717) is 23.1 Å². The Morgan fingerprint density at radius 2 is 1.83 bits per heavy atom. The summed E-state index contributed by atoms with van der Waals surface area (Å²) >= 11 is 3.19. The molecule has 0 aliphatic carbocycles. The van der Waals surface area contributed by atoms with E-state index in [0.717, 1.165) is 12.8 Å². The van der Waals surface area contributed by atoms with E-state index in [1.54, 1.807) is 11.0 Å². The van der Waals surface area contributed by atoms with Gasteiger partial charge in [0, 0.05) is 33.8 Å². The lowest BCUT2D eigenvalue weighted by molar-refractivity contribution is 0.0792. The molecule has 0 atom stereocenters. The van der Waals surface area contributed by atoms with Crippen molar-refractivity contribution >= 4 is 41.6 Å². The Morgan fingerprint density at radius 1 is 1.22 bits per heavy atom. The van der Waals surface area contributed by atoms with E-state index in [1.165, 1.54) is 12.1 Å². The fraction of sp³-hybridized carbons (Fsp3) is 0.364. The average molecular weight is 353 g/mol. The van der Waals surface area contributed by atoms with E-state index in [2.05, 4.69) is 15.9 Å². The molecule has 1 aliphatic rings. The van der Waals surface area contributed by atoms with Crippen molar-refractivity contribution in [2.45, 2.75) is 17.7 Å². The molecule has 0 unspecified atom stereocenters. The molecule has 18 heavy (non-hydrogen) atoms. The van der Waals surface area contributed by atoms with Crippen molar-refractivity contribution in [3.63, 3.8) is 0 Å². The van der Waals surface area contributed by atoms with Gasteiger partial charge in [0.2, 0.25) is 0 Å². The summed E-state index contributed by atoms with van der Waals surface area (Å²) in [6, 6.07) is 4.29. The largest absolute Gasteiger partial charge is 0.339 e. The molecule has 1 aromatic rings. The van der Waals surface area contributed by atoms with E-state index in [-0.39, 0.29) is 10.8 Å². The molecule has 1 heterocycles. The summed E-state index contributed by atoms with van der Waals surface area (Å²) in [6.45, 7) is 1.43. The molecule has 98 valence electrons. The molecule has 0 bridgehead atoms. The lowest BCUT2D eigenvalue weighted by Crippen LogP contribution is -2.27. The number of hydrogen-bond donors (Lipinski definition) is 0. The Hall–Kier alpha value is -0.590. The number of carbonyl (C=O) groups excluding carboxylic acids is 1. The molecule has 4 nitrogen and oxygen atoms in total. The number of nitrogens with zero attached hydrogens (tertiary/aromatic N) is 1. The van der Waals surface area contributed by atoms with Crippen LogP contribution in [0.4, 0.5) is 0 Å². The van der Waals surface area contributed by atoms with Crippen LogP contribution >= 0.6 is 26.6 Å². The van der Waals surface area contributed by atoms with Crippen LogP contribution in [-0.2, 0) is 9.05 Å². The van der Waals surface area contributed by atoms with Gasteiger partial charge in [-0.2, -0.15) is 0 Å². The highest BCUT2D eigenvalue weighted by molar-refractivity contribution is 9.10. The average Bonchev–Trinajstić information content (AvgIpc) is 2.79. The molecule has 0 radical (unpaired) electrons. The molecule has 2 rings (SSSR count). The van der Waals surface area contributed by atoms with Crippen molar-refractivity contribution in [2.75, 3.05) is 13.1 Å². The van der Waals surface area contributed by atoms with Crippen LogP contribution in [0.15, 0.2) is 27.6 Å². The van der Waals surface area contributed by atoms with Crippen molar-refractivity contribution in [3.8, 4) is 0 Å². The second-order valence-electron chi connectivity index (χ2n) is 4.11. The third-order valence-electron chi connectivity index (χ3n) is 2.79. The standard InChI is InChI=1S/C11H11BrClNO3S/c12-9-5-8(6-10(7-9)18(13,16)17)11(15)14-3-1-2-4-14/h5-7H,1-4H2. The van der Waals surface area contributed by atoms with Gasteiger partial charge in [0.15, 0.2) is 0 Å². The number of carbonyl (C=O) groups is 1. The zero-order chi connectivity index (χ0) is 13.3. The van der Waals surface area contributed by atoms with Crippen LogP contribution in [0.3, 0.4) is 0 Å². The number of amides is 1.